The molecule has 0 spiro atoms. The van der Waals surface area contributed by atoms with E-state index < -0.39 is 0 Å². The summed E-state index contributed by atoms with van der Waals surface area (Å²) in [4.78, 5) is 2.57. The Morgan fingerprint density at radius 2 is 2.05 bits per heavy atom. The molecule has 0 aliphatic carbocycles. The van der Waals surface area contributed by atoms with Crippen LogP contribution in [0.3, 0.4) is 0 Å². The summed E-state index contributed by atoms with van der Waals surface area (Å²) in [5.74, 6) is 0. The van der Waals surface area contributed by atoms with Crippen molar-refractivity contribution < 1.29 is 4.74 Å². The number of fused-ring (bicyclic) bond motifs is 2. The van der Waals surface area contributed by atoms with Crippen molar-refractivity contribution in [1.82, 2.24) is 5.32 Å². The lowest BCUT2D eigenvalue weighted by molar-refractivity contribution is 0.205. The van der Waals surface area contributed by atoms with Gasteiger partial charge in [0.15, 0.2) is 0 Å². The van der Waals surface area contributed by atoms with Gasteiger partial charge in [0.25, 0.3) is 0 Å². The van der Waals surface area contributed by atoms with Crippen LogP contribution in [0.5, 0.6) is 0 Å². The zero-order valence-corrected chi connectivity index (χ0v) is 13.5. The third-order valence-corrected chi connectivity index (χ3v) is 4.92. The zero-order chi connectivity index (χ0) is 14.7. The fourth-order valence-corrected chi connectivity index (χ4v) is 3.95. The molecule has 2 aliphatic heterocycles. The Kier molecular flexibility index (Phi) is 4.81. The lowest BCUT2D eigenvalue weighted by Crippen LogP contribution is -2.34. The summed E-state index contributed by atoms with van der Waals surface area (Å²) in [5, 5.41) is 3.55. The van der Waals surface area contributed by atoms with Crippen LogP contribution in [0.2, 0.25) is 0 Å². The first-order valence-corrected chi connectivity index (χ1v) is 8.46. The molecule has 0 fully saturated rings. The van der Waals surface area contributed by atoms with Crippen molar-refractivity contribution in [3.63, 3.8) is 0 Å². The molecule has 2 aliphatic rings. The topological polar surface area (TPSA) is 24.5 Å². The first-order valence-electron chi connectivity index (χ1n) is 8.46. The largest absolute Gasteiger partial charge is 0.383 e. The minimum absolute atomic E-state index is 0.821. The number of nitrogens with one attached hydrogen (secondary N) is 1. The normalized spacial score (nSPS) is 18.1. The monoisotopic (exact) mass is 288 g/mol. The van der Waals surface area contributed by atoms with Crippen LogP contribution in [0.4, 0.5) is 5.69 Å². The van der Waals surface area contributed by atoms with Crippen molar-refractivity contribution in [1.29, 1.82) is 0 Å². The zero-order valence-electron chi connectivity index (χ0n) is 13.5. The standard InChI is InChI=1S/C18H28N2O/c1-3-16-17-7-9-19-8-6-14(17)13-15-5-4-10-20(18(15)16)11-12-21-2/h13,19H,3-12H2,1-2H3. The Morgan fingerprint density at radius 1 is 1.19 bits per heavy atom. The van der Waals surface area contributed by atoms with E-state index in [4.69, 9.17) is 4.74 Å². The summed E-state index contributed by atoms with van der Waals surface area (Å²) in [7, 11) is 1.80. The molecule has 1 aromatic rings. The highest BCUT2D eigenvalue weighted by molar-refractivity contribution is 5.66. The van der Waals surface area contributed by atoms with Crippen LogP contribution in [0.1, 0.15) is 35.6 Å². The van der Waals surface area contributed by atoms with Gasteiger partial charge in [0.2, 0.25) is 0 Å². The molecular weight excluding hydrogens is 260 g/mol. The number of nitrogens with zero attached hydrogens (tertiary/aromatic N) is 1. The Labute approximate surface area is 128 Å². The molecule has 0 saturated heterocycles. The summed E-state index contributed by atoms with van der Waals surface area (Å²) in [6.07, 6.45) is 6.04. The average molecular weight is 288 g/mol. The number of hydrogen-bond donors (Lipinski definition) is 1. The second-order valence-electron chi connectivity index (χ2n) is 6.19. The number of rotatable bonds is 4. The van der Waals surface area contributed by atoms with Gasteiger partial charge >= 0.3 is 0 Å². The Bertz CT molecular complexity index is 498. The molecule has 1 N–H and O–H groups in total. The van der Waals surface area contributed by atoms with Crippen LogP contribution < -0.4 is 10.2 Å². The Balaban J connectivity index is 2.04. The summed E-state index contributed by atoms with van der Waals surface area (Å²) in [5.41, 5.74) is 7.97. The molecule has 3 heteroatoms. The van der Waals surface area contributed by atoms with Gasteiger partial charge in [-0.2, -0.15) is 0 Å². The lowest BCUT2D eigenvalue weighted by atomic mass is 9.87. The minimum Gasteiger partial charge on any atom is -0.383 e. The lowest BCUT2D eigenvalue weighted by Gasteiger charge is -2.35. The quantitative estimate of drug-likeness (QED) is 0.920. The molecule has 3 rings (SSSR count). The molecule has 0 amide bonds. The Morgan fingerprint density at radius 3 is 2.86 bits per heavy atom. The van der Waals surface area contributed by atoms with Gasteiger partial charge < -0.3 is 15.0 Å². The molecule has 0 aromatic heterocycles. The van der Waals surface area contributed by atoms with E-state index >= 15 is 0 Å². The molecule has 0 unspecified atom stereocenters. The molecule has 0 saturated carbocycles. The summed E-state index contributed by atoms with van der Waals surface area (Å²) in [6, 6.07) is 2.51. The molecule has 116 valence electrons. The fraction of sp³-hybridized carbons (Fsp3) is 0.667. The van der Waals surface area contributed by atoms with Crippen LogP contribution in [0.15, 0.2) is 6.07 Å². The van der Waals surface area contributed by atoms with Crippen LogP contribution in [-0.2, 0) is 30.4 Å². The van der Waals surface area contributed by atoms with Gasteiger partial charge in [0.05, 0.1) is 6.61 Å². The SMILES string of the molecule is CCc1c2c(cc3c1N(CCOC)CCC3)CCNCC2. The van der Waals surface area contributed by atoms with Crippen molar-refractivity contribution in [3.8, 4) is 0 Å². The highest BCUT2D eigenvalue weighted by Gasteiger charge is 2.24. The second-order valence-corrected chi connectivity index (χ2v) is 6.19. The van der Waals surface area contributed by atoms with Crippen LogP contribution in [0.25, 0.3) is 0 Å². The van der Waals surface area contributed by atoms with E-state index in [9.17, 15) is 0 Å². The predicted octanol–water partition coefficient (Wildman–Crippen LogP) is 2.34. The maximum Gasteiger partial charge on any atom is 0.0637 e. The molecule has 0 radical (unpaired) electrons. The van der Waals surface area contributed by atoms with Gasteiger partial charge in [-0.05, 0) is 67.4 Å². The van der Waals surface area contributed by atoms with E-state index in [0.29, 0.717) is 0 Å². The number of methoxy groups -OCH3 is 1. The van der Waals surface area contributed by atoms with Crippen LogP contribution in [-0.4, -0.2) is 39.9 Å². The number of benzene rings is 1. The van der Waals surface area contributed by atoms with Gasteiger partial charge in [-0.15, -0.1) is 0 Å². The number of aryl methyl sites for hydroxylation is 1. The van der Waals surface area contributed by atoms with E-state index in [1.165, 1.54) is 32.2 Å². The van der Waals surface area contributed by atoms with E-state index in [-0.39, 0.29) is 0 Å². The molecule has 0 atom stereocenters. The maximum atomic E-state index is 5.31. The van der Waals surface area contributed by atoms with Crippen molar-refractivity contribution in [3.05, 3.63) is 28.3 Å². The first-order chi connectivity index (χ1) is 10.3. The van der Waals surface area contributed by atoms with E-state index in [1.807, 2.05) is 0 Å². The second kappa shape index (κ2) is 6.80. The third-order valence-electron chi connectivity index (χ3n) is 4.92. The number of ether oxygens (including phenoxy) is 1. The van der Waals surface area contributed by atoms with Gasteiger partial charge in [-0.25, -0.2) is 0 Å². The van der Waals surface area contributed by atoms with Crippen LogP contribution >= 0.6 is 0 Å². The smallest absolute Gasteiger partial charge is 0.0637 e. The van der Waals surface area contributed by atoms with E-state index in [0.717, 1.165) is 32.7 Å². The van der Waals surface area contributed by atoms with Crippen molar-refractivity contribution >= 4 is 5.69 Å². The average Bonchev–Trinajstić information content (AvgIpc) is 2.75. The minimum atomic E-state index is 0.821. The molecular formula is C18H28N2O. The molecule has 3 nitrogen and oxygen atoms in total. The number of hydrogen-bond acceptors (Lipinski definition) is 3. The molecule has 0 bridgehead atoms. The highest BCUT2D eigenvalue weighted by atomic mass is 16.5. The summed E-state index contributed by atoms with van der Waals surface area (Å²) in [6.45, 7) is 7.59. The number of anilines is 1. The van der Waals surface area contributed by atoms with Gasteiger partial charge in [0, 0.05) is 25.9 Å². The highest BCUT2D eigenvalue weighted by Crippen LogP contribution is 2.36. The van der Waals surface area contributed by atoms with Crippen molar-refractivity contribution in [2.45, 2.75) is 39.0 Å². The van der Waals surface area contributed by atoms with Crippen molar-refractivity contribution in [2.75, 3.05) is 44.8 Å². The molecule has 2 heterocycles. The summed E-state index contributed by atoms with van der Waals surface area (Å²) >= 11 is 0. The van der Waals surface area contributed by atoms with Gasteiger partial charge in [-0.3, -0.25) is 0 Å². The third kappa shape index (κ3) is 2.95. The molecule has 21 heavy (non-hydrogen) atoms. The van der Waals surface area contributed by atoms with Crippen LogP contribution in [0, 0.1) is 0 Å². The van der Waals surface area contributed by atoms with Crippen molar-refractivity contribution in [2.24, 2.45) is 0 Å². The molecule has 1 aromatic carbocycles. The predicted molar refractivity (Wildman–Crippen MR) is 88.5 cm³/mol. The fourth-order valence-electron chi connectivity index (χ4n) is 3.95. The summed E-state index contributed by atoms with van der Waals surface area (Å²) < 4.78 is 5.31. The van der Waals surface area contributed by atoms with Gasteiger partial charge in [-0.1, -0.05) is 13.0 Å². The van der Waals surface area contributed by atoms with E-state index in [1.54, 1.807) is 35.1 Å². The van der Waals surface area contributed by atoms with E-state index in [2.05, 4.69) is 23.2 Å². The Hall–Kier alpha value is -1.06. The maximum absolute atomic E-state index is 5.31. The first kappa shape index (κ1) is 14.9. The van der Waals surface area contributed by atoms with Gasteiger partial charge in [0.1, 0.15) is 0 Å².